The lowest BCUT2D eigenvalue weighted by Crippen LogP contribution is -2.59. The van der Waals surface area contributed by atoms with Gasteiger partial charge in [-0.15, -0.1) is 0 Å². The molecule has 1 N–H and O–H groups in total. The fraction of sp³-hybridized carbons (Fsp3) is 0.500. The number of piperazine rings is 1. The van der Waals surface area contributed by atoms with Crippen LogP contribution in [0, 0.1) is 12.7 Å². The maximum absolute atomic E-state index is 14.0. The Bertz CT molecular complexity index is 471. The standard InChI is InChI=1S/C14H19FN2O/c1-10-5-4-6-11(12(10)15)13(18)17-8-7-16-9-14(17,2)3/h4-6,16H,7-9H2,1-3H3. The predicted molar refractivity (Wildman–Crippen MR) is 69.1 cm³/mol. The summed E-state index contributed by atoms with van der Waals surface area (Å²) in [6, 6.07) is 4.96. The highest BCUT2D eigenvalue weighted by molar-refractivity contribution is 5.95. The van der Waals surface area contributed by atoms with Gasteiger partial charge in [0.15, 0.2) is 0 Å². The summed E-state index contributed by atoms with van der Waals surface area (Å²) in [7, 11) is 0. The monoisotopic (exact) mass is 250 g/mol. The van der Waals surface area contributed by atoms with E-state index in [4.69, 9.17) is 0 Å². The Morgan fingerprint density at radius 3 is 2.83 bits per heavy atom. The number of carbonyl (C=O) groups is 1. The molecule has 2 rings (SSSR count). The van der Waals surface area contributed by atoms with Crippen molar-refractivity contribution in [3.05, 3.63) is 35.1 Å². The average molecular weight is 250 g/mol. The van der Waals surface area contributed by atoms with Crippen molar-refractivity contribution in [1.29, 1.82) is 0 Å². The third kappa shape index (κ3) is 2.25. The number of rotatable bonds is 1. The summed E-state index contributed by atoms with van der Waals surface area (Å²) >= 11 is 0. The first-order chi connectivity index (χ1) is 8.43. The quantitative estimate of drug-likeness (QED) is 0.826. The molecule has 0 radical (unpaired) electrons. The normalized spacial score (nSPS) is 18.8. The van der Waals surface area contributed by atoms with Crippen molar-refractivity contribution in [2.45, 2.75) is 26.3 Å². The Labute approximate surface area is 107 Å². The van der Waals surface area contributed by atoms with Gasteiger partial charge in [-0.3, -0.25) is 4.79 Å². The maximum Gasteiger partial charge on any atom is 0.257 e. The number of carbonyl (C=O) groups excluding carboxylic acids is 1. The first-order valence-electron chi connectivity index (χ1n) is 6.21. The van der Waals surface area contributed by atoms with Gasteiger partial charge in [-0.1, -0.05) is 12.1 Å². The largest absolute Gasteiger partial charge is 0.331 e. The van der Waals surface area contributed by atoms with Crippen LogP contribution < -0.4 is 5.32 Å². The Morgan fingerprint density at radius 1 is 1.44 bits per heavy atom. The molecule has 1 saturated heterocycles. The van der Waals surface area contributed by atoms with Gasteiger partial charge in [0, 0.05) is 19.6 Å². The molecule has 0 aromatic heterocycles. The minimum Gasteiger partial charge on any atom is -0.331 e. The predicted octanol–water partition coefficient (Wildman–Crippen LogP) is 1.96. The summed E-state index contributed by atoms with van der Waals surface area (Å²) in [5.74, 6) is -0.625. The van der Waals surface area contributed by atoms with Crippen molar-refractivity contribution in [3.8, 4) is 0 Å². The number of nitrogens with zero attached hydrogens (tertiary/aromatic N) is 1. The van der Waals surface area contributed by atoms with E-state index in [1.165, 1.54) is 0 Å². The van der Waals surface area contributed by atoms with Crippen LogP contribution in [0.15, 0.2) is 18.2 Å². The van der Waals surface area contributed by atoms with Crippen molar-refractivity contribution in [3.63, 3.8) is 0 Å². The van der Waals surface area contributed by atoms with Crippen LogP contribution in [0.1, 0.15) is 29.8 Å². The lowest BCUT2D eigenvalue weighted by atomic mass is 9.98. The van der Waals surface area contributed by atoms with Gasteiger partial charge in [0.25, 0.3) is 5.91 Å². The second kappa shape index (κ2) is 4.69. The number of amides is 1. The van der Waals surface area contributed by atoms with Crippen LogP contribution in [0.5, 0.6) is 0 Å². The van der Waals surface area contributed by atoms with E-state index in [1.807, 2.05) is 13.8 Å². The minimum atomic E-state index is -0.406. The Kier molecular flexibility index (Phi) is 3.39. The zero-order valence-corrected chi connectivity index (χ0v) is 11.1. The Morgan fingerprint density at radius 2 is 2.17 bits per heavy atom. The summed E-state index contributed by atoms with van der Waals surface area (Å²) < 4.78 is 14.0. The van der Waals surface area contributed by atoms with Gasteiger partial charge in [0.2, 0.25) is 0 Å². The third-order valence-corrected chi connectivity index (χ3v) is 3.47. The first kappa shape index (κ1) is 13.0. The van der Waals surface area contributed by atoms with E-state index in [2.05, 4.69) is 5.32 Å². The minimum absolute atomic E-state index is 0.171. The molecule has 0 bridgehead atoms. The molecule has 1 aromatic rings. The molecule has 0 aliphatic carbocycles. The van der Waals surface area contributed by atoms with Crippen LogP contribution in [0.2, 0.25) is 0 Å². The van der Waals surface area contributed by atoms with Crippen molar-refractivity contribution >= 4 is 5.91 Å². The van der Waals surface area contributed by atoms with Crippen molar-refractivity contribution in [2.24, 2.45) is 0 Å². The second-order valence-electron chi connectivity index (χ2n) is 5.38. The Balaban J connectivity index is 2.33. The van der Waals surface area contributed by atoms with Crippen LogP contribution in [0.4, 0.5) is 4.39 Å². The van der Waals surface area contributed by atoms with E-state index in [0.29, 0.717) is 12.1 Å². The summed E-state index contributed by atoms with van der Waals surface area (Å²) in [6.45, 7) is 7.75. The van der Waals surface area contributed by atoms with Crippen LogP contribution in [0.3, 0.4) is 0 Å². The van der Waals surface area contributed by atoms with Gasteiger partial charge in [0.1, 0.15) is 5.82 Å². The van der Waals surface area contributed by atoms with Crippen molar-refractivity contribution < 1.29 is 9.18 Å². The van der Waals surface area contributed by atoms with E-state index in [1.54, 1.807) is 30.0 Å². The van der Waals surface area contributed by atoms with Gasteiger partial charge < -0.3 is 10.2 Å². The fourth-order valence-electron chi connectivity index (χ4n) is 2.32. The van der Waals surface area contributed by atoms with E-state index < -0.39 is 5.82 Å². The summed E-state index contributed by atoms with van der Waals surface area (Å²) in [5, 5.41) is 3.25. The lowest BCUT2D eigenvalue weighted by molar-refractivity contribution is 0.0472. The Hall–Kier alpha value is -1.42. The van der Waals surface area contributed by atoms with E-state index in [9.17, 15) is 9.18 Å². The van der Waals surface area contributed by atoms with Crippen LogP contribution in [-0.4, -0.2) is 36.0 Å². The SMILES string of the molecule is Cc1cccc(C(=O)N2CCNCC2(C)C)c1F. The van der Waals surface area contributed by atoms with Crippen LogP contribution in [-0.2, 0) is 0 Å². The molecule has 1 aliphatic rings. The van der Waals surface area contributed by atoms with Gasteiger partial charge in [-0.2, -0.15) is 0 Å². The van der Waals surface area contributed by atoms with E-state index in [0.717, 1.165) is 13.1 Å². The molecule has 1 aromatic carbocycles. The molecule has 0 spiro atoms. The molecule has 98 valence electrons. The smallest absolute Gasteiger partial charge is 0.257 e. The fourth-order valence-corrected chi connectivity index (χ4v) is 2.32. The highest BCUT2D eigenvalue weighted by atomic mass is 19.1. The molecule has 1 fully saturated rings. The average Bonchev–Trinajstić information content (AvgIpc) is 2.31. The number of hydrogen-bond acceptors (Lipinski definition) is 2. The van der Waals surface area contributed by atoms with Crippen LogP contribution >= 0.6 is 0 Å². The number of nitrogens with one attached hydrogen (secondary N) is 1. The number of benzene rings is 1. The maximum atomic E-state index is 14.0. The molecule has 3 nitrogen and oxygen atoms in total. The topological polar surface area (TPSA) is 32.3 Å². The highest BCUT2D eigenvalue weighted by Gasteiger charge is 2.34. The zero-order valence-electron chi connectivity index (χ0n) is 11.1. The van der Waals surface area contributed by atoms with Gasteiger partial charge >= 0.3 is 0 Å². The second-order valence-corrected chi connectivity index (χ2v) is 5.38. The molecule has 0 atom stereocenters. The molecular formula is C14H19FN2O. The molecule has 1 heterocycles. The summed E-state index contributed by atoms with van der Waals surface area (Å²) in [5.41, 5.74) is 0.393. The van der Waals surface area contributed by atoms with Gasteiger partial charge in [-0.25, -0.2) is 4.39 Å². The molecule has 1 aliphatic heterocycles. The molecule has 18 heavy (non-hydrogen) atoms. The number of hydrogen-bond donors (Lipinski definition) is 1. The van der Waals surface area contributed by atoms with Crippen molar-refractivity contribution in [1.82, 2.24) is 10.2 Å². The lowest BCUT2D eigenvalue weighted by Gasteiger charge is -2.42. The van der Waals surface area contributed by atoms with Gasteiger partial charge in [0.05, 0.1) is 11.1 Å². The van der Waals surface area contributed by atoms with Gasteiger partial charge in [-0.05, 0) is 32.4 Å². The number of halogens is 1. The number of aryl methyl sites for hydroxylation is 1. The van der Waals surface area contributed by atoms with E-state index >= 15 is 0 Å². The molecule has 0 saturated carbocycles. The summed E-state index contributed by atoms with van der Waals surface area (Å²) in [6.07, 6.45) is 0. The van der Waals surface area contributed by atoms with Crippen LogP contribution in [0.25, 0.3) is 0 Å². The zero-order chi connectivity index (χ0) is 13.3. The summed E-state index contributed by atoms with van der Waals surface area (Å²) in [4.78, 5) is 14.2. The molecule has 1 amide bonds. The molecular weight excluding hydrogens is 231 g/mol. The third-order valence-electron chi connectivity index (χ3n) is 3.47. The highest BCUT2D eigenvalue weighted by Crippen LogP contribution is 2.21. The van der Waals surface area contributed by atoms with Crippen molar-refractivity contribution in [2.75, 3.05) is 19.6 Å². The molecule has 0 unspecified atom stereocenters. The first-order valence-corrected chi connectivity index (χ1v) is 6.21. The molecule has 4 heteroatoms. The van der Waals surface area contributed by atoms with E-state index in [-0.39, 0.29) is 17.0 Å².